The Hall–Kier alpha value is -3.01. The molecule has 0 amide bonds. The molecule has 5 atom stereocenters. The second-order valence-corrected chi connectivity index (χ2v) is 6.37. The largest absolute Gasteiger partial charge is 0.463 e. The molecule has 2 rings (SSSR count). The van der Waals surface area contributed by atoms with Crippen LogP contribution >= 0.6 is 0 Å². The highest BCUT2D eigenvalue weighted by Crippen LogP contribution is 2.36. The van der Waals surface area contributed by atoms with Gasteiger partial charge in [0.25, 0.3) is 0 Å². The molecule has 1 fully saturated rings. The number of carbonyl (C=O) groups is 4. The summed E-state index contributed by atoms with van der Waals surface area (Å²) < 4.78 is 27.0. The third kappa shape index (κ3) is 6.24. The zero-order valence-electron chi connectivity index (χ0n) is 16.5. The maximum Gasteiger partial charge on any atom is 0.303 e. The predicted octanol–water partition coefficient (Wildman–Crippen LogP) is 0.880. The summed E-state index contributed by atoms with van der Waals surface area (Å²) in [5.74, 6) is -2.59. The first kappa shape index (κ1) is 22.3. The molecule has 0 bridgehead atoms. The first-order valence-electron chi connectivity index (χ1n) is 8.90. The first-order valence-corrected chi connectivity index (χ1v) is 8.90. The van der Waals surface area contributed by atoms with Crippen molar-refractivity contribution >= 4 is 23.9 Å². The van der Waals surface area contributed by atoms with E-state index in [9.17, 15) is 19.2 Å². The molecule has 0 radical (unpaired) electrons. The molecule has 0 unspecified atom stereocenters. The van der Waals surface area contributed by atoms with E-state index in [1.807, 2.05) is 0 Å². The van der Waals surface area contributed by atoms with Crippen molar-refractivity contribution in [2.75, 3.05) is 6.61 Å². The highest BCUT2D eigenvalue weighted by molar-refractivity contribution is 5.68. The Morgan fingerprint density at radius 3 is 1.97 bits per heavy atom. The molecule has 0 spiro atoms. The Morgan fingerprint density at radius 2 is 1.45 bits per heavy atom. The van der Waals surface area contributed by atoms with Crippen molar-refractivity contribution in [1.82, 2.24) is 4.98 Å². The zero-order valence-corrected chi connectivity index (χ0v) is 16.5. The summed E-state index contributed by atoms with van der Waals surface area (Å²) in [7, 11) is 0. The second-order valence-electron chi connectivity index (χ2n) is 6.37. The van der Waals surface area contributed by atoms with Crippen LogP contribution in [0.3, 0.4) is 0 Å². The molecule has 1 aliphatic heterocycles. The molecule has 1 aliphatic rings. The van der Waals surface area contributed by atoms with Crippen LogP contribution in [0.5, 0.6) is 0 Å². The van der Waals surface area contributed by atoms with Gasteiger partial charge in [-0.25, -0.2) is 0 Å². The minimum Gasteiger partial charge on any atom is -0.463 e. The van der Waals surface area contributed by atoms with E-state index in [4.69, 9.17) is 23.7 Å². The van der Waals surface area contributed by atoms with E-state index >= 15 is 0 Å². The lowest BCUT2D eigenvalue weighted by Gasteiger charge is -2.44. The summed E-state index contributed by atoms with van der Waals surface area (Å²) >= 11 is 0. The number of ether oxygens (including phenoxy) is 5. The van der Waals surface area contributed by atoms with Gasteiger partial charge < -0.3 is 23.7 Å². The number of esters is 4. The number of aromatic nitrogens is 1. The van der Waals surface area contributed by atoms with E-state index in [0.29, 0.717) is 5.69 Å². The molecule has 1 aromatic rings. The summed E-state index contributed by atoms with van der Waals surface area (Å²) in [6.07, 6.45) is -3.97. The van der Waals surface area contributed by atoms with Gasteiger partial charge in [-0.2, -0.15) is 0 Å². The highest BCUT2D eigenvalue weighted by Gasteiger charge is 2.52. The summed E-state index contributed by atoms with van der Waals surface area (Å²) in [4.78, 5) is 50.6. The summed E-state index contributed by atoms with van der Waals surface area (Å²) in [6, 6.07) is 5.03. The van der Waals surface area contributed by atoms with Crippen molar-refractivity contribution in [3.05, 3.63) is 30.1 Å². The molecule has 0 aromatic carbocycles. The Balaban J connectivity index is 2.49. The molecule has 1 saturated heterocycles. The lowest BCUT2D eigenvalue weighted by molar-refractivity contribution is -0.255. The molecule has 0 saturated carbocycles. The van der Waals surface area contributed by atoms with Gasteiger partial charge in [0.15, 0.2) is 18.3 Å². The van der Waals surface area contributed by atoms with Gasteiger partial charge in [0, 0.05) is 33.9 Å². The number of nitrogens with zero attached hydrogens (tertiary/aromatic N) is 1. The van der Waals surface area contributed by atoms with Crippen molar-refractivity contribution in [2.24, 2.45) is 0 Å². The molecule has 158 valence electrons. The van der Waals surface area contributed by atoms with Gasteiger partial charge in [0.05, 0.1) is 5.69 Å². The van der Waals surface area contributed by atoms with E-state index in [0.717, 1.165) is 0 Å². The molecule has 10 heteroatoms. The van der Waals surface area contributed by atoms with Crippen molar-refractivity contribution in [3.8, 4) is 0 Å². The average Bonchev–Trinajstić information content (AvgIpc) is 2.63. The molecular weight excluding hydrogens is 386 g/mol. The predicted molar refractivity (Wildman–Crippen MR) is 95.1 cm³/mol. The second kappa shape index (κ2) is 9.97. The van der Waals surface area contributed by atoms with Crippen LogP contribution in [0.15, 0.2) is 24.4 Å². The van der Waals surface area contributed by atoms with Gasteiger partial charge in [0.2, 0.25) is 0 Å². The normalized spacial score (nSPS) is 26.1. The van der Waals surface area contributed by atoms with E-state index in [2.05, 4.69) is 4.98 Å². The van der Waals surface area contributed by atoms with Gasteiger partial charge in [-0.3, -0.25) is 24.2 Å². The van der Waals surface area contributed by atoms with Crippen LogP contribution in [-0.4, -0.2) is 59.9 Å². The quantitative estimate of drug-likeness (QED) is 0.493. The first-order chi connectivity index (χ1) is 13.7. The van der Waals surface area contributed by atoms with Crippen LogP contribution < -0.4 is 0 Å². The minimum atomic E-state index is -1.21. The fourth-order valence-corrected chi connectivity index (χ4v) is 3.01. The van der Waals surface area contributed by atoms with Crippen molar-refractivity contribution < 1.29 is 42.9 Å². The molecule has 10 nitrogen and oxygen atoms in total. The topological polar surface area (TPSA) is 127 Å². The summed E-state index contributed by atoms with van der Waals surface area (Å²) in [5.41, 5.74) is 0.394. The maximum atomic E-state index is 11.7. The molecule has 29 heavy (non-hydrogen) atoms. The molecule has 0 aliphatic carbocycles. The van der Waals surface area contributed by atoms with Crippen molar-refractivity contribution in [2.45, 2.75) is 58.2 Å². The van der Waals surface area contributed by atoms with Crippen molar-refractivity contribution in [3.63, 3.8) is 0 Å². The third-order valence-electron chi connectivity index (χ3n) is 3.97. The van der Waals surface area contributed by atoms with E-state index in [-0.39, 0.29) is 6.61 Å². The molecule has 1 aromatic heterocycles. The van der Waals surface area contributed by atoms with Gasteiger partial charge in [-0.15, -0.1) is 0 Å². The highest BCUT2D eigenvalue weighted by atomic mass is 16.7. The van der Waals surface area contributed by atoms with Crippen LogP contribution in [0, 0.1) is 0 Å². The molecule has 2 heterocycles. The fraction of sp³-hybridized carbons (Fsp3) is 0.526. The van der Waals surface area contributed by atoms with Crippen LogP contribution in [0.1, 0.15) is 39.5 Å². The SMILES string of the molecule is CC(=O)OC[C@H]1O[C@@H](c2ccccn2)[C@H](OC(C)=O)[C@@H](OC(C)=O)[C@@H]1OC(C)=O. The van der Waals surface area contributed by atoms with Crippen LogP contribution in [0.2, 0.25) is 0 Å². The summed E-state index contributed by atoms with van der Waals surface area (Å²) in [5, 5.41) is 0. The van der Waals surface area contributed by atoms with Crippen LogP contribution in [0.4, 0.5) is 0 Å². The standard InChI is InChI=1S/C19H23NO9/c1-10(21)25-9-15-17(26-11(2)22)19(28-13(4)24)18(27-12(3)23)16(29-15)14-7-5-6-8-20-14/h5-8,15-19H,9H2,1-4H3/t15-,16+,17-,18+,19+/m1/s1. The fourth-order valence-electron chi connectivity index (χ4n) is 3.01. The number of carbonyl (C=O) groups excluding carboxylic acids is 4. The Labute approximate surface area is 167 Å². The molecular formula is C19H23NO9. The third-order valence-corrected chi connectivity index (χ3v) is 3.97. The van der Waals surface area contributed by atoms with Gasteiger partial charge >= 0.3 is 23.9 Å². The average molecular weight is 409 g/mol. The summed E-state index contributed by atoms with van der Waals surface area (Å²) in [6.45, 7) is 4.46. The van der Waals surface area contributed by atoms with Gasteiger partial charge in [-0.05, 0) is 12.1 Å². The number of hydrogen-bond acceptors (Lipinski definition) is 10. The van der Waals surface area contributed by atoms with Crippen LogP contribution in [0.25, 0.3) is 0 Å². The lowest BCUT2D eigenvalue weighted by Crippen LogP contribution is -2.59. The lowest BCUT2D eigenvalue weighted by atomic mass is 9.92. The Kier molecular flexibility index (Phi) is 7.66. The van der Waals surface area contributed by atoms with Crippen LogP contribution in [-0.2, 0) is 42.9 Å². The molecule has 0 N–H and O–H groups in total. The smallest absolute Gasteiger partial charge is 0.303 e. The maximum absolute atomic E-state index is 11.7. The van der Waals surface area contributed by atoms with Gasteiger partial charge in [0.1, 0.15) is 18.8 Å². The monoisotopic (exact) mass is 409 g/mol. The number of pyridine rings is 1. The Bertz CT molecular complexity index is 751. The van der Waals surface area contributed by atoms with E-state index in [1.165, 1.54) is 33.9 Å². The van der Waals surface area contributed by atoms with Crippen molar-refractivity contribution in [1.29, 1.82) is 0 Å². The van der Waals surface area contributed by atoms with E-state index in [1.54, 1.807) is 18.2 Å². The Morgan fingerprint density at radius 1 is 0.862 bits per heavy atom. The zero-order chi connectivity index (χ0) is 21.6. The number of rotatable bonds is 6. The minimum absolute atomic E-state index is 0.277. The van der Waals surface area contributed by atoms with Gasteiger partial charge in [-0.1, -0.05) is 6.07 Å². The number of hydrogen-bond donors (Lipinski definition) is 0. The van der Waals surface area contributed by atoms with E-state index < -0.39 is 54.4 Å².